The van der Waals surface area contributed by atoms with Gasteiger partial charge in [0.1, 0.15) is 0 Å². The van der Waals surface area contributed by atoms with E-state index < -0.39 is 0 Å². The van der Waals surface area contributed by atoms with Gasteiger partial charge in [0.2, 0.25) is 0 Å². The quantitative estimate of drug-likeness (QED) is 0.351. The normalized spacial score (nSPS) is 10.7. The van der Waals surface area contributed by atoms with Crippen LogP contribution in [0.15, 0.2) is 24.3 Å². The summed E-state index contributed by atoms with van der Waals surface area (Å²) >= 11 is 4.15. The summed E-state index contributed by atoms with van der Waals surface area (Å²) < 4.78 is 0. The summed E-state index contributed by atoms with van der Waals surface area (Å²) in [6, 6.07) is 0. The van der Waals surface area contributed by atoms with Crippen LogP contribution in [-0.4, -0.2) is 5.75 Å². The standard InChI is InChI=1S/C10H18S/c1-3-4-5-6-7-8-10(2)9-11/h3-4,11H,2,5-9H2,1H3/b4-3-. The fraction of sp³-hybridized carbons (Fsp3) is 0.600. The smallest absolute Gasteiger partial charge is 0.0110 e. The number of thiol groups is 1. The molecule has 0 aromatic carbocycles. The lowest BCUT2D eigenvalue weighted by Crippen LogP contribution is -1.82. The molecule has 0 unspecified atom stereocenters. The minimum atomic E-state index is 0.837. The maximum atomic E-state index is 4.15. The molecule has 0 saturated heterocycles. The third-order valence-corrected chi connectivity index (χ3v) is 2.06. The lowest BCUT2D eigenvalue weighted by atomic mass is 10.1. The lowest BCUT2D eigenvalue weighted by molar-refractivity contribution is 0.744. The van der Waals surface area contributed by atoms with Gasteiger partial charge in [-0.05, 0) is 32.6 Å². The maximum Gasteiger partial charge on any atom is 0.0110 e. The van der Waals surface area contributed by atoms with Crippen LogP contribution in [0.25, 0.3) is 0 Å². The molecule has 11 heavy (non-hydrogen) atoms. The van der Waals surface area contributed by atoms with E-state index in [1.165, 1.54) is 24.8 Å². The van der Waals surface area contributed by atoms with E-state index in [4.69, 9.17) is 0 Å². The zero-order chi connectivity index (χ0) is 8.53. The van der Waals surface area contributed by atoms with Gasteiger partial charge in [0.05, 0.1) is 0 Å². The van der Waals surface area contributed by atoms with E-state index in [2.05, 4.69) is 38.3 Å². The Morgan fingerprint density at radius 2 is 2.18 bits per heavy atom. The van der Waals surface area contributed by atoms with E-state index in [1.807, 2.05) is 0 Å². The van der Waals surface area contributed by atoms with Gasteiger partial charge in [-0.2, -0.15) is 12.6 Å². The Hall–Kier alpha value is -0.170. The first-order chi connectivity index (χ1) is 5.31. The number of hydrogen-bond acceptors (Lipinski definition) is 1. The van der Waals surface area contributed by atoms with E-state index >= 15 is 0 Å². The van der Waals surface area contributed by atoms with Crippen LogP contribution in [0.4, 0.5) is 0 Å². The Morgan fingerprint density at radius 3 is 2.73 bits per heavy atom. The first-order valence-electron chi connectivity index (χ1n) is 4.20. The average Bonchev–Trinajstić information content (AvgIpc) is 2.04. The second kappa shape index (κ2) is 7.93. The Morgan fingerprint density at radius 1 is 1.45 bits per heavy atom. The molecule has 0 spiro atoms. The van der Waals surface area contributed by atoms with Crippen molar-refractivity contribution in [1.82, 2.24) is 0 Å². The van der Waals surface area contributed by atoms with Crippen molar-refractivity contribution >= 4 is 12.6 Å². The molecule has 0 bridgehead atoms. The molecule has 0 rings (SSSR count). The monoisotopic (exact) mass is 170 g/mol. The Kier molecular flexibility index (Phi) is 7.81. The topological polar surface area (TPSA) is 0 Å². The Balaban J connectivity index is 3.08. The summed E-state index contributed by atoms with van der Waals surface area (Å²) in [5.74, 6) is 0.837. The summed E-state index contributed by atoms with van der Waals surface area (Å²) in [7, 11) is 0. The molecule has 0 aliphatic carbocycles. The molecule has 0 aromatic rings. The van der Waals surface area contributed by atoms with E-state index in [9.17, 15) is 0 Å². The highest BCUT2D eigenvalue weighted by Gasteiger charge is 1.90. The van der Waals surface area contributed by atoms with Crippen LogP contribution in [0.3, 0.4) is 0 Å². The van der Waals surface area contributed by atoms with Gasteiger partial charge >= 0.3 is 0 Å². The van der Waals surface area contributed by atoms with Crippen LogP contribution in [0.1, 0.15) is 32.6 Å². The molecule has 64 valence electrons. The predicted octanol–water partition coefficient (Wildman–Crippen LogP) is 3.61. The number of unbranched alkanes of at least 4 members (excludes halogenated alkanes) is 2. The van der Waals surface area contributed by atoms with Crippen LogP contribution >= 0.6 is 12.6 Å². The minimum absolute atomic E-state index is 0.837. The molecule has 0 aliphatic heterocycles. The second-order valence-electron chi connectivity index (χ2n) is 2.72. The fourth-order valence-corrected chi connectivity index (χ4v) is 1.04. The number of allylic oxidation sites excluding steroid dienone is 2. The van der Waals surface area contributed by atoms with Crippen molar-refractivity contribution in [3.05, 3.63) is 24.3 Å². The summed E-state index contributed by atoms with van der Waals surface area (Å²) in [5.41, 5.74) is 1.26. The van der Waals surface area contributed by atoms with Crippen molar-refractivity contribution in [2.24, 2.45) is 0 Å². The molecule has 0 radical (unpaired) electrons. The van der Waals surface area contributed by atoms with E-state index in [0.717, 1.165) is 12.2 Å². The molecule has 0 aromatic heterocycles. The summed E-state index contributed by atoms with van der Waals surface area (Å²) in [5, 5.41) is 0. The molecular weight excluding hydrogens is 152 g/mol. The molecule has 0 N–H and O–H groups in total. The van der Waals surface area contributed by atoms with E-state index in [-0.39, 0.29) is 0 Å². The minimum Gasteiger partial charge on any atom is -0.175 e. The van der Waals surface area contributed by atoms with Crippen molar-refractivity contribution in [2.45, 2.75) is 32.6 Å². The molecule has 0 amide bonds. The SMILES string of the molecule is C=C(CS)CCCC/C=C\C. The third kappa shape index (κ3) is 7.73. The van der Waals surface area contributed by atoms with Gasteiger partial charge in [0, 0.05) is 5.75 Å². The third-order valence-electron chi connectivity index (χ3n) is 1.61. The molecule has 1 heteroatoms. The summed E-state index contributed by atoms with van der Waals surface area (Å²) in [6.07, 6.45) is 9.19. The fourth-order valence-electron chi connectivity index (χ4n) is 0.883. The zero-order valence-electron chi connectivity index (χ0n) is 7.34. The largest absolute Gasteiger partial charge is 0.175 e. The highest BCUT2D eigenvalue weighted by atomic mass is 32.1. The van der Waals surface area contributed by atoms with Crippen molar-refractivity contribution < 1.29 is 0 Å². The lowest BCUT2D eigenvalue weighted by Gasteiger charge is -1.99. The first kappa shape index (κ1) is 10.8. The van der Waals surface area contributed by atoms with Crippen molar-refractivity contribution in [2.75, 3.05) is 5.75 Å². The summed E-state index contributed by atoms with van der Waals surface area (Å²) in [6.45, 7) is 5.96. The summed E-state index contributed by atoms with van der Waals surface area (Å²) in [4.78, 5) is 0. The molecule has 0 heterocycles. The molecule has 0 saturated carbocycles. The molecule has 0 fully saturated rings. The van der Waals surface area contributed by atoms with Crippen LogP contribution in [0.5, 0.6) is 0 Å². The molecule has 0 atom stereocenters. The molecule has 0 aliphatic rings. The first-order valence-corrected chi connectivity index (χ1v) is 4.83. The zero-order valence-corrected chi connectivity index (χ0v) is 8.24. The predicted molar refractivity (Wildman–Crippen MR) is 56.3 cm³/mol. The molecular formula is C10H18S. The van der Waals surface area contributed by atoms with Crippen molar-refractivity contribution in [3.63, 3.8) is 0 Å². The maximum absolute atomic E-state index is 4.15. The van der Waals surface area contributed by atoms with E-state index in [1.54, 1.807) is 0 Å². The second-order valence-corrected chi connectivity index (χ2v) is 3.04. The number of rotatable bonds is 6. The van der Waals surface area contributed by atoms with Crippen LogP contribution in [0, 0.1) is 0 Å². The van der Waals surface area contributed by atoms with Gasteiger partial charge < -0.3 is 0 Å². The average molecular weight is 170 g/mol. The van der Waals surface area contributed by atoms with Crippen LogP contribution in [0.2, 0.25) is 0 Å². The van der Waals surface area contributed by atoms with Gasteiger partial charge in [-0.15, -0.1) is 0 Å². The molecule has 0 nitrogen and oxygen atoms in total. The Bertz CT molecular complexity index is 125. The number of hydrogen-bond donors (Lipinski definition) is 1. The van der Waals surface area contributed by atoms with Gasteiger partial charge in [0.15, 0.2) is 0 Å². The van der Waals surface area contributed by atoms with E-state index in [0.29, 0.717) is 0 Å². The van der Waals surface area contributed by atoms with Crippen molar-refractivity contribution in [3.8, 4) is 0 Å². The van der Waals surface area contributed by atoms with Gasteiger partial charge in [-0.1, -0.05) is 24.3 Å². The van der Waals surface area contributed by atoms with Gasteiger partial charge in [-0.3, -0.25) is 0 Å². The van der Waals surface area contributed by atoms with Gasteiger partial charge in [-0.25, -0.2) is 0 Å². The van der Waals surface area contributed by atoms with Crippen molar-refractivity contribution in [1.29, 1.82) is 0 Å². The van der Waals surface area contributed by atoms with Crippen LogP contribution in [-0.2, 0) is 0 Å². The highest BCUT2D eigenvalue weighted by Crippen LogP contribution is 2.08. The van der Waals surface area contributed by atoms with Crippen LogP contribution < -0.4 is 0 Å². The highest BCUT2D eigenvalue weighted by molar-refractivity contribution is 7.80. The Labute approximate surface area is 75.8 Å². The van der Waals surface area contributed by atoms with Gasteiger partial charge in [0.25, 0.3) is 0 Å².